The molecule has 1 aromatic heterocycles. The zero-order valence-electron chi connectivity index (χ0n) is 18.1. The first-order valence-corrected chi connectivity index (χ1v) is 13.0. The van der Waals surface area contributed by atoms with Gasteiger partial charge in [0.15, 0.2) is 5.60 Å². The lowest BCUT2D eigenvalue weighted by molar-refractivity contribution is -0.145. The highest BCUT2D eigenvalue weighted by molar-refractivity contribution is 7.89. The molecule has 1 aliphatic carbocycles. The highest BCUT2D eigenvalue weighted by Crippen LogP contribution is 2.39. The lowest BCUT2D eigenvalue weighted by Crippen LogP contribution is -2.56. The SMILES string of the molecule is CC(C)(C)N1CCN(C(=O)C2CCC(OS(=O)(=O)c3ccc(Cl)s3)(C(N)=O)CC2)CC1. The molecule has 31 heavy (non-hydrogen) atoms. The van der Waals surface area contributed by atoms with E-state index in [1.165, 1.54) is 12.1 Å². The van der Waals surface area contributed by atoms with E-state index in [2.05, 4.69) is 25.7 Å². The van der Waals surface area contributed by atoms with Crippen molar-refractivity contribution in [2.24, 2.45) is 11.7 Å². The predicted octanol–water partition coefficient (Wildman–Crippen LogP) is 2.46. The number of primary amides is 1. The molecular formula is C20H30ClN3O5S2. The Kier molecular flexibility index (Phi) is 7.08. The van der Waals surface area contributed by atoms with Crippen molar-refractivity contribution in [3.8, 4) is 0 Å². The maximum atomic E-state index is 13.0. The van der Waals surface area contributed by atoms with Crippen molar-refractivity contribution in [2.75, 3.05) is 26.2 Å². The summed E-state index contributed by atoms with van der Waals surface area (Å²) in [6, 6.07) is 2.79. The third kappa shape index (κ3) is 5.42. The van der Waals surface area contributed by atoms with E-state index >= 15 is 0 Å². The Balaban J connectivity index is 1.63. The summed E-state index contributed by atoms with van der Waals surface area (Å²) in [7, 11) is -4.19. The molecule has 2 fully saturated rings. The van der Waals surface area contributed by atoms with Crippen molar-refractivity contribution in [1.29, 1.82) is 0 Å². The number of thiophene rings is 1. The van der Waals surface area contributed by atoms with Gasteiger partial charge in [0.2, 0.25) is 5.91 Å². The van der Waals surface area contributed by atoms with Gasteiger partial charge in [0.05, 0.1) is 4.34 Å². The van der Waals surface area contributed by atoms with Gasteiger partial charge in [-0.1, -0.05) is 11.6 Å². The molecule has 0 radical (unpaired) electrons. The summed E-state index contributed by atoms with van der Waals surface area (Å²) >= 11 is 6.69. The van der Waals surface area contributed by atoms with Crippen LogP contribution >= 0.6 is 22.9 Å². The smallest absolute Gasteiger partial charge is 0.307 e. The van der Waals surface area contributed by atoms with Crippen LogP contribution in [0.4, 0.5) is 0 Å². The highest BCUT2D eigenvalue weighted by atomic mass is 35.5. The van der Waals surface area contributed by atoms with Crippen molar-refractivity contribution in [2.45, 2.75) is 61.8 Å². The minimum Gasteiger partial charge on any atom is -0.367 e. The molecule has 1 saturated heterocycles. The van der Waals surface area contributed by atoms with Crippen LogP contribution in [0.15, 0.2) is 16.3 Å². The molecule has 1 saturated carbocycles. The minimum absolute atomic E-state index is 0.0551. The third-order valence-electron chi connectivity index (χ3n) is 6.20. The number of hydrogen-bond acceptors (Lipinski definition) is 7. The number of hydrogen-bond donors (Lipinski definition) is 1. The van der Waals surface area contributed by atoms with Crippen LogP contribution in [0.2, 0.25) is 4.34 Å². The monoisotopic (exact) mass is 491 g/mol. The maximum absolute atomic E-state index is 13.0. The molecule has 2 N–H and O–H groups in total. The quantitative estimate of drug-likeness (QED) is 0.633. The molecule has 174 valence electrons. The van der Waals surface area contributed by atoms with Crippen LogP contribution in [0.25, 0.3) is 0 Å². The summed E-state index contributed by atoms with van der Waals surface area (Å²) in [5, 5.41) is 0. The van der Waals surface area contributed by atoms with Crippen molar-refractivity contribution in [3.63, 3.8) is 0 Å². The zero-order chi connectivity index (χ0) is 23.0. The van der Waals surface area contributed by atoms with E-state index in [0.29, 0.717) is 30.3 Å². The first-order valence-electron chi connectivity index (χ1n) is 10.4. The Morgan fingerprint density at radius 1 is 1.16 bits per heavy atom. The summed E-state index contributed by atoms with van der Waals surface area (Å²) in [5.74, 6) is -1.04. The van der Waals surface area contributed by atoms with Crippen molar-refractivity contribution >= 4 is 44.9 Å². The van der Waals surface area contributed by atoms with Gasteiger partial charge in [-0.2, -0.15) is 8.42 Å². The van der Waals surface area contributed by atoms with E-state index in [4.69, 9.17) is 21.5 Å². The number of piperazine rings is 1. The summed E-state index contributed by atoms with van der Waals surface area (Å²) in [6.45, 7) is 9.44. The van der Waals surface area contributed by atoms with E-state index in [9.17, 15) is 18.0 Å². The maximum Gasteiger partial charge on any atom is 0.307 e. The Labute approximate surface area is 192 Å². The first-order chi connectivity index (χ1) is 14.3. The second-order valence-corrected chi connectivity index (χ2v) is 12.7. The summed E-state index contributed by atoms with van der Waals surface area (Å²) < 4.78 is 30.9. The molecule has 0 bridgehead atoms. The number of nitrogens with two attached hydrogens (primary N) is 1. The van der Waals surface area contributed by atoms with E-state index < -0.39 is 21.6 Å². The Hall–Kier alpha value is -1.20. The van der Waals surface area contributed by atoms with Crippen LogP contribution in [0.3, 0.4) is 0 Å². The number of amides is 2. The second kappa shape index (κ2) is 8.97. The molecule has 11 heteroatoms. The van der Waals surface area contributed by atoms with E-state index in [-0.39, 0.29) is 34.4 Å². The molecule has 0 aromatic carbocycles. The summed E-state index contributed by atoms with van der Waals surface area (Å²) in [4.78, 5) is 29.5. The van der Waals surface area contributed by atoms with Crippen LogP contribution in [-0.4, -0.2) is 67.4 Å². The number of rotatable bonds is 5. The molecule has 0 atom stereocenters. The molecule has 0 unspecified atom stereocenters. The highest BCUT2D eigenvalue weighted by Gasteiger charge is 2.47. The fraction of sp³-hybridized carbons (Fsp3) is 0.700. The first kappa shape index (κ1) is 24.4. The van der Waals surface area contributed by atoms with Crippen LogP contribution in [0, 0.1) is 5.92 Å². The number of carbonyl (C=O) groups excluding carboxylic acids is 2. The standard InChI is InChI=1S/C20H30ClN3O5S2/c1-19(2,3)24-12-10-23(11-13-24)17(25)14-6-8-20(9-7-14,18(22)26)29-31(27,28)16-5-4-15(21)30-16/h4-5,14H,6-13H2,1-3H3,(H2,22,26). The lowest BCUT2D eigenvalue weighted by atomic mass is 9.78. The molecule has 2 aliphatic rings. The normalized spacial score (nSPS) is 26.1. The molecule has 2 amide bonds. The molecule has 0 spiro atoms. The molecule has 3 rings (SSSR count). The Morgan fingerprint density at radius 3 is 2.19 bits per heavy atom. The molecule has 1 aliphatic heterocycles. The molecular weight excluding hydrogens is 462 g/mol. The molecule has 8 nitrogen and oxygen atoms in total. The fourth-order valence-electron chi connectivity index (χ4n) is 4.24. The van der Waals surface area contributed by atoms with Crippen molar-refractivity contribution < 1.29 is 22.2 Å². The van der Waals surface area contributed by atoms with E-state index in [1.807, 2.05) is 4.90 Å². The van der Waals surface area contributed by atoms with Gasteiger partial charge in [-0.3, -0.25) is 14.5 Å². The van der Waals surface area contributed by atoms with E-state index in [0.717, 1.165) is 24.4 Å². The van der Waals surface area contributed by atoms with Gasteiger partial charge in [-0.25, -0.2) is 4.18 Å². The minimum atomic E-state index is -4.19. The predicted molar refractivity (Wildman–Crippen MR) is 119 cm³/mol. The lowest BCUT2D eigenvalue weighted by Gasteiger charge is -2.44. The van der Waals surface area contributed by atoms with Gasteiger partial charge in [0.25, 0.3) is 5.91 Å². The van der Waals surface area contributed by atoms with Crippen molar-refractivity contribution in [1.82, 2.24) is 9.80 Å². The topological polar surface area (TPSA) is 110 Å². The number of nitrogens with zero attached hydrogens (tertiary/aromatic N) is 2. The average Bonchev–Trinajstić information content (AvgIpc) is 3.14. The Bertz CT molecular complexity index is 925. The Morgan fingerprint density at radius 2 is 1.74 bits per heavy atom. The number of carbonyl (C=O) groups is 2. The van der Waals surface area contributed by atoms with Crippen LogP contribution in [-0.2, 0) is 23.9 Å². The summed E-state index contributed by atoms with van der Waals surface area (Å²) in [6.07, 6.45) is 0.863. The van der Waals surface area contributed by atoms with Crippen molar-refractivity contribution in [3.05, 3.63) is 16.5 Å². The van der Waals surface area contributed by atoms with Gasteiger partial charge in [-0.05, 0) is 58.6 Å². The van der Waals surface area contributed by atoms with Gasteiger partial charge in [0.1, 0.15) is 4.21 Å². The third-order valence-corrected chi connectivity index (χ3v) is 9.25. The summed E-state index contributed by atoms with van der Waals surface area (Å²) in [5.41, 5.74) is 3.99. The van der Waals surface area contributed by atoms with Gasteiger partial charge >= 0.3 is 10.1 Å². The molecule has 2 heterocycles. The van der Waals surface area contributed by atoms with Gasteiger partial charge < -0.3 is 10.6 Å². The van der Waals surface area contributed by atoms with E-state index in [1.54, 1.807) is 0 Å². The van der Waals surface area contributed by atoms with Crippen LogP contribution < -0.4 is 5.73 Å². The molecule has 1 aromatic rings. The zero-order valence-corrected chi connectivity index (χ0v) is 20.5. The van der Waals surface area contributed by atoms with Crippen LogP contribution in [0.1, 0.15) is 46.5 Å². The largest absolute Gasteiger partial charge is 0.367 e. The average molecular weight is 492 g/mol. The fourth-order valence-corrected chi connectivity index (χ4v) is 6.92. The second-order valence-electron chi connectivity index (χ2n) is 9.21. The van der Waals surface area contributed by atoms with Gasteiger partial charge in [-0.15, -0.1) is 11.3 Å². The van der Waals surface area contributed by atoms with Crippen LogP contribution in [0.5, 0.6) is 0 Å². The van der Waals surface area contributed by atoms with Gasteiger partial charge in [0, 0.05) is 37.6 Å². The number of halogens is 1.